The van der Waals surface area contributed by atoms with Crippen LogP contribution in [-0.2, 0) is 9.59 Å². The van der Waals surface area contributed by atoms with E-state index in [4.69, 9.17) is 10.5 Å². The van der Waals surface area contributed by atoms with E-state index < -0.39 is 5.91 Å². The second-order valence-electron chi connectivity index (χ2n) is 5.66. The summed E-state index contributed by atoms with van der Waals surface area (Å²) >= 11 is 0. The summed E-state index contributed by atoms with van der Waals surface area (Å²) in [7, 11) is 0. The number of nitrogens with two attached hydrogens (primary N) is 1. The molecule has 2 aliphatic rings. The summed E-state index contributed by atoms with van der Waals surface area (Å²) in [6.07, 6.45) is 6.41. The Kier molecular flexibility index (Phi) is 3.64. The van der Waals surface area contributed by atoms with Gasteiger partial charge in [-0.05, 0) is 36.8 Å². The van der Waals surface area contributed by atoms with Crippen LogP contribution >= 0.6 is 0 Å². The minimum Gasteiger partial charge on any atom is -0.484 e. The normalized spacial score (nSPS) is 25.8. The number of carbonyl (C=O) groups is 2. The van der Waals surface area contributed by atoms with Crippen molar-refractivity contribution >= 4 is 17.5 Å². The highest BCUT2D eigenvalue weighted by Crippen LogP contribution is 2.43. The maximum absolute atomic E-state index is 12.3. The number of fused-ring (bicyclic) bond motifs is 2. The molecule has 1 saturated carbocycles. The fourth-order valence-corrected chi connectivity index (χ4v) is 3.14. The Balaban J connectivity index is 1.62. The molecular formula is C16H18N2O3. The van der Waals surface area contributed by atoms with Crippen LogP contribution < -0.4 is 15.8 Å². The molecule has 3 rings (SSSR count). The number of anilines is 1. The summed E-state index contributed by atoms with van der Waals surface area (Å²) in [6.45, 7) is -0.172. The van der Waals surface area contributed by atoms with Crippen molar-refractivity contribution in [1.29, 1.82) is 0 Å². The zero-order valence-electron chi connectivity index (χ0n) is 11.6. The van der Waals surface area contributed by atoms with E-state index in [0.717, 1.165) is 12.8 Å². The largest absolute Gasteiger partial charge is 0.484 e. The third-order valence-electron chi connectivity index (χ3n) is 4.10. The molecule has 0 aromatic heterocycles. The van der Waals surface area contributed by atoms with Gasteiger partial charge in [0, 0.05) is 17.7 Å². The van der Waals surface area contributed by atoms with Crippen LogP contribution in [0, 0.1) is 17.8 Å². The third kappa shape index (κ3) is 3.07. The maximum atomic E-state index is 12.3. The predicted molar refractivity (Wildman–Crippen MR) is 78.6 cm³/mol. The average molecular weight is 286 g/mol. The van der Waals surface area contributed by atoms with Gasteiger partial charge in [0.1, 0.15) is 5.75 Å². The summed E-state index contributed by atoms with van der Waals surface area (Å²) in [5, 5.41) is 2.93. The Morgan fingerprint density at radius 3 is 2.81 bits per heavy atom. The first-order valence-corrected chi connectivity index (χ1v) is 7.12. The number of hydrogen-bond acceptors (Lipinski definition) is 3. The van der Waals surface area contributed by atoms with Gasteiger partial charge in [0.2, 0.25) is 5.91 Å². The minimum atomic E-state index is -0.529. The van der Waals surface area contributed by atoms with Crippen LogP contribution in [0.4, 0.5) is 5.69 Å². The zero-order valence-corrected chi connectivity index (χ0v) is 11.6. The van der Waals surface area contributed by atoms with Crippen molar-refractivity contribution in [3.05, 3.63) is 36.4 Å². The van der Waals surface area contributed by atoms with E-state index in [1.165, 1.54) is 0 Å². The molecule has 2 amide bonds. The number of rotatable bonds is 5. The Morgan fingerprint density at radius 1 is 1.29 bits per heavy atom. The second-order valence-corrected chi connectivity index (χ2v) is 5.66. The number of carbonyl (C=O) groups excluding carboxylic acids is 2. The molecule has 0 heterocycles. The van der Waals surface area contributed by atoms with Crippen molar-refractivity contribution in [1.82, 2.24) is 0 Å². The number of primary amides is 1. The Hall–Kier alpha value is -2.30. The molecule has 110 valence electrons. The van der Waals surface area contributed by atoms with Crippen LogP contribution in [0.2, 0.25) is 0 Å². The summed E-state index contributed by atoms with van der Waals surface area (Å²) in [4.78, 5) is 23.0. The van der Waals surface area contributed by atoms with Gasteiger partial charge in [-0.15, -0.1) is 0 Å². The van der Waals surface area contributed by atoms with Gasteiger partial charge in [-0.2, -0.15) is 0 Å². The van der Waals surface area contributed by atoms with Crippen LogP contribution in [0.3, 0.4) is 0 Å². The van der Waals surface area contributed by atoms with Gasteiger partial charge in [0.05, 0.1) is 0 Å². The number of ether oxygens (including phenoxy) is 1. The fourth-order valence-electron chi connectivity index (χ4n) is 3.14. The van der Waals surface area contributed by atoms with Crippen LogP contribution in [0.1, 0.15) is 12.8 Å². The van der Waals surface area contributed by atoms with Gasteiger partial charge in [0.15, 0.2) is 6.61 Å². The van der Waals surface area contributed by atoms with E-state index in [1.54, 1.807) is 24.3 Å². The quantitative estimate of drug-likeness (QED) is 0.808. The van der Waals surface area contributed by atoms with Crippen molar-refractivity contribution < 1.29 is 14.3 Å². The average Bonchev–Trinajstić information content (AvgIpc) is 3.08. The van der Waals surface area contributed by atoms with Crippen LogP contribution in [0.5, 0.6) is 5.75 Å². The second kappa shape index (κ2) is 5.60. The van der Waals surface area contributed by atoms with Gasteiger partial charge in [0.25, 0.3) is 5.91 Å². The highest BCUT2D eigenvalue weighted by Gasteiger charge is 2.39. The summed E-state index contributed by atoms with van der Waals surface area (Å²) in [5.74, 6) is 1.05. The van der Waals surface area contributed by atoms with E-state index in [1.807, 2.05) is 0 Å². The first kappa shape index (κ1) is 13.7. The van der Waals surface area contributed by atoms with E-state index in [9.17, 15) is 9.59 Å². The van der Waals surface area contributed by atoms with Gasteiger partial charge >= 0.3 is 0 Å². The predicted octanol–water partition coefficient (Wildman–Crippen LogP) is 1.70. The Labute approximate surface area is 123 Å². The lowest BCUT2D eigenvalue weighted by molar-refractivity contribution is -0.121. The molecule has 0 unspecified atom stereocenters. The molecule has 21 heavy (non-hydrogen) atoms. The van der Waals surface area contributed by atoms with Crippen molar-refractivity contribution in [2.75, 3.05) is 11.9 Å². The molecule has 0 aliphatic heterocycles. The van der Waals surface area contributed by atoms with Crippen LogP contribution in [0.15, 0.2) is 36.4 Å². The zero-order chi connectivity index (χ0) is 14.8. The molecule has 5 heteroatoms. The van der Waals surface area contributed by atoms with Gasteiger partial charge in [-0.25, -0.2) is 0 Å². The van der Waals surface area contributed by atoms with Crippen molar-refractivity contribution in [3.8, 4) is 5.75 Å². The molecule has 2 aliphatic carbocycles. The first-order chi connectivity index (χ1) is 10.1. The van der Waals surface area contributed by atoms with Crippen LogP contribution in [-0.4, -0.2) is 18.4 Å². The van der Waals surface area contributed by atoms with E-state index in [-0.39, 0.29) is 18.4 Å². The van der Waals surface area contributed by atoms with E-state index in [2.05, 4.69) is 17.5 Å². The molecule has 3 atom stereocenters. The fraction of sp³-hybridized carbons (Fsp3) is 0.375. The molecule has 1 aromatic rings. The molecule has 0 spiro atoms. The lowest BCUT2D eigenvalue weighted by Gasteiger charge is -2.17. The summed E-state index contributed by atoms with van der Waals surface area (Å²) < 4.78 is 5.23. The molecule has 5 nitrogen and oxygen atoms in total. The molecule has 3 N–H and O–H groups in total. The maximum Gasteiger partial charge on any atom is 0.255 e. The lowest BCUT2D eigenvalue weighted by atomic mass is 9.93. The summed E-state index contributed by atoms with van der Waals surface area (Å²) in [5.41, 5.74) is 5.71. The van der Waals surface area contributed by atoms with Crippen LogP contribution in [0.25, 0.3) is 0 Å². The molecule has 1 fully saturated rings. The number of hydrogen-bond donors (Lipinski definition) is 2. The topological polar surface area (TPSA) is 81.4 Å². The Bertz CT molecular complexity index is 597. The molecule has 0 radical (unpaired) electrons. The molecule has 1 aromatic carbocycles. The number of benzene rings is 1. The number of allylic oxidation sites excluding steroid dienone is 2. The molecule has 2 bridgehead atoms. The SMILES string of the molecule is NC(=O)COc1cccc(NC(=O)[C@@H]2C[C@H]3C=C[C@H]2C3)c1. The first-order valence-electron chi connectivity index (χ1n) is 7.12. The van der Waals surface area contributed by atoms with Gasteiger partial charge < -0.3 is 15.8 Å². The lowest BCUT2D eigenvalue weighted by Crippen LogP contribution is -2.25. The highest BCUT2D eigenvalue weighted by molar-refractivity contribution is 5.93. The molecule has 0 saturated heterocycles. The molecular weight excluding hydrogens is 268 g/mol. The monoisotopic (exact) mass is 286 g/mol. The third-order valence-corrected chi connectivity index (χ3v) is 4.10. The summed E-state index contributed by atoms with van der Waals surface area (Å²) in [6, 6.07) is 6.99. The van der Waals surface area contributed by atoms with Crippen molar-refractivity contribution in [2.24, 2.45) is 23.5 Å². The van der Waals surface area contributed by atoms with Gasteiger partial charge in [-0.1, -0.05) is 18.2 Å². The minimum absolute atomic E-state index is 0.0545. The Morgan fingerprint density at radius 2 is 2.14 bits per heavy atom. The van der Waals surface area contributed by atoms with Crippen molar-refractivity contribution in [3.63, 3.8) is 0 Å². The number of amides is 2. The number of nitrogens with one attached hydrogen (secondary N) is 1. The standard InChI is InChI=1S/C16H18N2O3/c17-15(19)9-21-13-3-1-2-12(8-13)18-16(20)14-7-10-4-5-11(14)6-10/h1-5,8,10-11,14H,6-7,9H2,(H2,17,19)(H,18,20)/t10-,11-,14+/m0/s1. The van der Waals surface area contributed by atoms with E-state index in [0.29, 0.717) is 23.3 Å². The van der Waals surface area contributed by atoms with E-state index >= 15 is 0 Å². The van der Waals surface area contributed by atoms with Crippen molar-refractivity contribution in [2.45, 2.75) is 12.8 Å². The smallest absolute Gasteiger partial charge is 0.255 e. The van der Waals surface area contributed by atoms with Gasteiger partial charge in [-0.3, -0.25) is 9.59 Å². The highest BCUT2D eigenvalue weighted by atomic mass is 16.5.